The van der Waals surface area contributed by atoms with Crippen LogP contribution in [0.25, 0.3) is 10.8 Å². The van der Waals surface area contributed by atoms with Gasteiger partial charge in [0.25, 0.3) is 0 Å². The molecule has 0 aromatic heterocycles. The van der Waals surface area contributed by atoms with E-state index in [9.17, 15) is 4.79 Å². The first-order valence-corrected chi connectivity index (χ1v) is 3.85. The largest absolute Gasteiger partial charge is 0.423 e. The Bertz CT molecular complexity index is 430. The molecule has 2 nitrogen and oxygen atoms in total. The maximum Gasteiger partial charge on any atom is 0.423 e. The average Bonchev–Trinajstić information content (AvgIpc) is 2.19. The van der Waals surface area contributed by atoms with Crippen molar-refractivity contribution in [1.82, 2.24) is 0 Å². The van der Waals surface area contributed by atoms with Gasteiger partial charge in [-0.25, -0.2) is 4.79 Å². The predicted octanol–water partition coefficient (Wildman–Crippen LogP) is 2.09. The first kappa shape index (κ1) is 7.80. The lowest BCUT2D eigenvalue weighted by Gasteiger charge is -2.01. The Hall–Kier alpha value is -1.83. The number of ether oxygens (including phenoxy) is 1. The van der Waals surface area contributed by atoms with E-state index in [0.29, 0.717) is 5.75 Å². The van der Waals surface area contributed by atoms with Crippen LogP contribution >= 0.6 is 0 Å². The molecule has 0 aliphatic carbocycles. The summed E-state index contributed by atoms with van der Waals surface area (Å²) in [6, 6.07) is 14.1. The van der Waals surface area contributed by atoms with Gasteiger partial charge in [-0.15, -0.1) is 0 Å². The van der Waals surface area contributed by atoms with E-state index in [1.54, 1.807) is 6.07 Å². The summed E-state index contributed by atoms with van der Waals surface area (Å²) >= 11 is 0. The van der Waals surface area contributed by atoms with E-state index < -0.39 is 0 Å². The molecule has 0 aliphatic heterocycles. The highest BCUT2D eigenvalue weighted by Crippen LogP contribution is 2.23. The molecule has 2 radical (unpaired) electrons. The third-order valence-corrected chi connectivity index (χ3v) is 1.83. The summed E-state index contributed by atoms with van der Waals surface area (Å²) in [7, 11) is 0. The number of carbonyl (C=O) groups excluding carboxylic acids is 1. The number of rotatable bonds is 2. The molecule has 2 heteroatoms. The van der Waals surface area contributed by atoms with E-state index >= 15 is 0 Å². The van der Waals surface area contributed by atoms with Crippen molar-refractivity contribution in [3.05, 3.63) is 42.5 Å². The molecule has 62 valence electrons. The number of benzene rings is 2. The van der Waals surface area contributed by atoms with Crippen molar-refractivity contribution in [2.24, 2.45) is 0 Å². The summed E-state index contributed by atoms with van der Waals surface area (Å²) < 4.78 is 4.66. The van der Waals surface area contributed by atoms with Gasteiger partial charge in [0.1, 0.15) is 5.75 Å². The zero-order valence-electron chi connectivity index (χ0n) is 6.78. The molecule has 0 N–H and O–H groups in total. The van der Waals surface area contributed by atoms with E-state index in [-0.39, 0.29) is 0 Å². The van der Waals surface area contributed by atoms with E-state index in [0.717, 1.165) is 10.8 Å². The zero-order valence-corrected chi connectivity index (χ0v) is 6.78. The van der Waals surface area contributed by atoms with Crippen molar-refractivity contribution in [2.75, 3.05) is 0 Å². The lowest BCUT2D eigenvalue weighted by molar-refractivity contribution is 0.445. The van der Waals surface area contributed by atoms with Crippen LogP contribution in [0.1, 0.15) is 0 Å². The Morgan fingerprint density at radius 3 is 2.92 bits per heavy atom. The van der Waals surface area contributed by atoms with Gasteiger partial charge in [-0.3, -0.25) is 0 Å². The normalized spacial score (nSPS) is 9.85. The quantitative estimate of drug-likeness (QED) is 0.689. The fourth-order valence-electron chi connectivity index (χ4n) is 1.26. The second-order valence-corrected chi connectivity index (χ2v) is 2.58. The summed E-state index contributed by atoms with van der Waals surface area (Å²) in [6.45, 7) is 1.39. The minimum absolute atomic E-state index is 0.424. The van der Waals surface area contributed by atoms with E-state index in [2.05, 4.69) is 10.8 Å². The molecule has 0 atom stereocenters. The van der Waals surface area contributed by atoms with Crippen molar-refractivity contribution >= 4 is 17.2 Å². The fraction of sp³-hybridized carbons (Fsp3) is 0. The lowest BCUT2D eigenvalue weighted by atomic mass is 10.1. The molecule has 0 aliphatic rings. The summed E-state index contributed by atoms with van der Waals surface area (Å²) in [5.74, 6) is 0.424. The van der Waals surface area contributed by atoms with Gasteiger partial charge in [-0.1, -0.05) is 30.3 Å². The summed E-state index contributed by atoms with van der Waals surface area (Å²) in [5, 5.41) is 1.89. The topological polar surface area (TPSA) is 26.3 Å². The molecule has 0 amide bonds. The van der Waals surface area contributed by atoms with Crippen LogP contribution in [0.5, 0.6) is 5.75 Å². The molecule has 0 spiro atoms. The SMILES string of the molecule is O=[C]Oc1[c]ccc2ccccc12. The van der Waals surface area contributed by atoms with Crippen LogP contribution in [0.15, 0.2) is 36.4 Å². The molecular formula is C11H6O2. The molecule has 0 heterocycles. The molecule has 0 fully saturated rings. The number of hydrogen-bond donors (Lipinski definition) is 0. The number of hydrogen-bond acceptors (Lipinski definition) is 2. The van der Waals surface area contributed by atoms with Crippen molar-refractivity contribution < 1.29 is 9.53 Å². The Labute approximate surface area is 75.8 Å². The molecular weight excluding hydrogens is 164 g/mol. The first-order valence-electron chi connectivity index (χ1n) is 3.85. The van der Waals surface area contributed by atoms with Crippen LogP contribution in [0, 0.1) is 6.07 Å². The minimum atomic E-state index is 0.424. The van der Waals surface area contributed by atoms with Gasteiger partial charge in [0.15, 0.2) is 0 Å². The highest BCUT2D eigenvalue weighted by Gasteiger charge is 2.00. The van der Waals surface area contributed by atoms with E-state index in [1.807, 2.05) is 30.3 Å². The molecule has 2 rings (SSSR count). The second kappa shape index (κ2) is 3.27. The van der Waals surface area contributed by atoms with Crippen molar-refractivity contribution in [2.45, 2.75) is 0 Å². The Morgan fingerprint density at radius 2 is 2.08 bits per heavy atom. The van der Waals surface area contributed by atoms with Crippen LogP contribution in [-0.2, 0) is 4.79 Å². The van der Waals surface area contributed by atoms with Gasteiger partial charge in [0.05, 0.1) is 0 Å². The Morgan fingerprint density at radius 1 is 1.23 bits per heavy atom. The molecule has 0 bridgehead atoms. The second-order valence-electron chi connectivity index (χ2n) is 2.58. The van der Waals surface area contributed by atoms with Gasteiger partial charge in [0.2, 0.25) is 0 Å². The van der Waals surface area contributed by atoms with Crippen LogP contribution in [-0.4, -0.2) is 6.47 Å². The van der Waals surface area contributed by atoms with E-state index in [1.165, 1.54) is 6.47 Å². The van der Waals surface area contributed by atoms with E-state index in [4.69, 9.17) is 0 Å². The van der Waals surface area contributed by atoms with Gasteiger partial charge in [0, 0.05) is 11.5 Å². The number of fused-ring (bicyclic) bond motifs is 1. The molecule has 2 aromatic carbocycles. The monoisotopic (exact) mass is 170 g/mol. The highest BCUT2D eigenvalue weighted by atomic mass is 16.5. The third kappa shape index (κ3) is 1.38. The summed E-state index contributed by atoms with van der Waals surface area (Å²) in [6.07, 6.45) is 0. The summed E-state index contributed by atoms with van der Waals surface area (Å²) in [5.41, 5.74) is 0. The molecule has 13 heavy (non-hydrogen) atoms. The molecule has 0 saturated carbocycles. The van der Waals surface area contributed by atoms with Gasteiger partial charge in [-0.2, -0.15) is 0 Å². The Balaban J connectivity index is 2.68. The first-order chi connectivity index (χ1) is 6.42. The average molecular weight is 170 g/mol. The van der Waals surface area contributed by atoms with Gasteiger partial charge in [-0.05, 0) is 11.5 Å². The molecule has 0 saturated heterocycles. The third-order valence-electron chi connectivity index (χ3n) is 1.83. The van der Waals surface area contributed by atoms with Crippen molar-refractivity contribution in [1.29, 1.82) is 0 Å². The van der Waals surface area contributed by atoms with Gasteiger partial charge < -0.3 is 4.74 Å². The maximum atomic E-state index is 10.1. The maximum absolute atomic E-state index is 10.1. The van der Waals surface area contributed by atoms with Crippen LogP contribution in [0.2, 0.25) is 0 Å². The van der Waals surface area contributed by atoms with Crippen LogP contribution in [0.3, 0.4) is 0 Å². The lowest BCUT2D eigenvalue weighted by Crippen LogP contribution is -1.89. The van der Waals surface area contributed by atoms with Crippen LogP contribution < -0.4 is 4.74 Å². The van der Waals surface area contributed by atoms with Crippen LogP contribution in [0.4, 0.5) is 0 Å². The van der Waals surface area contributed by atoms with Crippen molar-refractivity contribution in [3.8, 4) is 5.75 Å². The standard InChI is InChI=1S/C11H6O2/c12-8-13-11-7-3-5-9-4-1-2-6-10(9)11/h1-6H. The summed E-state index contributed by atoms with van der Waals surface area (Å²) in [4.78, 5) is 10.1. The highest BCUT2D eigenvalue weighted by molar-refractivity contribution is 5.88. The fourth-order valence-corrected chi connectivity index (χ4v) is 1.26. The zero-order chi connectivity index (χ0) is 9.10. The predicted molar refractivity (Wildman–Crippen MR) is 49.1 cm³/mol. The molecule has 0 unspecified atom stereocenters. The van der Waals surface area contributed by atoms with Gasteiger partial charge >= 0.3 is 6.47 Å². The Kier molecular flexibility index (Phi) is 1.96. The smallest absolute Gasteiger partial charge is 0.417 e. The van der Waals surface area contributed by atoms with Crippen molar-refractivity contribution in [3.63, 3.8) is 0 Å². The minimum Gasteiger partial charge on any atom is -0.417 e. The molecule has 2 aromatic rings.